The van der Waals surface area contributed by atoms with Crippen LogP contribution >= 0.6 is 0 Å². The normalized spacial score (nSPS) is 12.7. The Kier molecular flexibility index (Phi) is 4.71. The van der Waals surface area contributed by atoms with Gasteiger partial charge in [0.2, 0.25) is 0 Å². The van der Waals surface area contributed by atoms with Gasteiger partial charge >= 0.3 is 0 Å². The quantitative estimate of drug-likeness (QED) is 0.725. The van der Waals surface area contributed by atoms with E-state index in [9.17, 15) is 4.79 Å². The van der Waals surface area contributed by atoms with Crippen molar-refractivity contribution in [1.29, 1.82) is 0 Å². The van der Waals surface area contributed by atoms with E-state index in [-0.39, 0.29) is 11.6 Å². The second kappa shape index (κ2) is 6.93. The van der Waals surface area contributed by atoms with Gasteiger partial charge < -0.3 is 0 Å². The number of pyridine rings is 1. The van der Waals surface area contributed by atoms with E-state index in [1.54, 1.807) is 11.6 Å². The monoisotopic (exact) mass is 322 g/mol. The molecule has 0 spiro atoms. The first-order valence-corrected chi connectivity index (χ1v) is 8.16. The van der Waals surface area contributed by atoms with Crippen molar-refractivity contribution in [2.75, 3.05) is 7.05 Å². The molecule has 5 heteroatoms. The maximum absolute atomic E-state index is 12.5. The maximum atomic E-state index is 12.5. The number of nitrogens with zero attached hydrogens (tertiary/aromatic N) is 4. The second-order valence-corrected chi connectivity index (χ2v) is 6.03. The van der Waals surface area contributed by atoms with Crippen LogP contribution in [0.1, 0.15) is 30.8 Å². The van der Waals surface area contributed by atoms with Crippen LogP contribution in [0.5, 0.6) is 0 Å². The molecule has 0 N–H and O–H groups in total. The highest BCUT2D eigenvalue weighted by atomic mass is 16.1. The number of aromatic nitrogens is 3. The van der Waals surface area contributed by atoms with Crippen LogP contribution in [0.2, 0.25) is 0 Å². The highest BCUT2D eigenvalue weighted by Gasteiger charge is 2.17. The fraction of sp³-hybridized carbons (Fsp3) is 0.316. The molecule has 0 saturated carbocycles. The molecule has 2 aromatic heterocycles. The van der Waals surface area contributed by atoms with Crippen LogP contribution in [0.15, 0.2) is 53.6 Å². The van der Waals surface area contributed by atoms with Gasteiger partial charge in [0, 0.05) is 25.5 Å². The smallest absolute Gasteiger partial charge is 0.261 e. The average Bonchev–Trinajstić information content (AvgIpc) is 2.61. The molecule has 0 saturated heterocycles. The Morgan fingerprint density at radius 1 is 1.17 bits per heavy atom. The average molecular weight is 322 g/mol. The summed E-state index contributed by atoms with van der Waals surface area (Å²) in [5.41, 5.74) is 1.97. The molecule has 0 fully saturated rings. The van der Waals surface area contributed by atoms with Gasteiger partial charge in [-0.2, -0.15) is 0 Å². The summed E-state index contributed by atoms with van der Waals surface area (Å²) in [6, 6.07) is 11.8. The molecule has 3 aromatic rings. The van der Waals surface area contributed by atoms with Crippen molar-refractivity contribution < 1.29 is 0 Å². The lowest BCUT2D eigenvalue weighted by molar-refractivity contribution is 0.222. The van der Waals surface area contributed by atoms with Gasteiger partial charge in [-0.15, -0.1) is 0 Å². The summed E-state index contributed by atoms with van der Waals surface area (Å²) >= 11 is 0. The lowest BCUT2D eigenvalue weighted by Gasteiger charge is -2.27. The van der Waals surface area contributed by atoms with E-state index in [1.165, 1.54) is 5.56 Å². The third-order valence-corrected chi connectivity index (χ3v) is 4.48. The first-order chi connectivity index (χ1) is 11.6. The number of para-hydroxylation sites is 1. The van der Waals surface area contributed by atoms with E-state index in [1.807, 2.05) is 48.8 Å². The van der Waals surface area contributed by atoms with Gasteiger partial charge in [-0.25, -0.2) is 4.98 Å². The van der Waals surface area contributed by atoms with Gasteiger partial charge in [0.1, 0.15) is 5.82 Å². The SMILES string of the molecule is CC[C@@H](c1ccncc1)N(C)Cc1nc2ccccc2c(=O)n1C. The molecule has 1 atom stereocenters. The Hall–Kier alpha value is -2.53. The van der Waals surface area contributed by atoms with Crippen molar-refractivity contribution in [3.05, 3.63) is 70.5 Å². The highest BCUT2D eigenvalue weighted by molar-refractivity contribution is 5.77. The summed E-state index contributed by atoms with van der Waals surface area (Å²) in [5, 5.41) is 0.660. The zero-order valence-electron chi connectivity index (χ0n) is 14.3. The first kappa shape index (κ1) is 16.3. The van der Waals surface area contributed by atoms with Crippen LogP contribution in [0, 0.1) is 0 Å². The molecule has 0 aliphatic carbocycles. The molecule has 124 valence electrons. The fourth-order valence-corrected chi connectivity index (χ4v) is 3.13. The van der Waals surface area contributed by atoms with Crippen LogP contribution < -0.4 is 5.56 Å². The number of hydrogen-bond donors (Lipinski definition) is 0. The van der Waals surface area contributed by atoms with E-state index in [0.29, 0.717) is 11.9 Å². The predicted octanol–water partition coefficient (Wildman–Crippen LogP) is 2.91. The van der Waals surface area contributed by atoms with Crippen LogP contribution in [0.25, 0.3) is 10.9 Å². The topological polar surface area (TPSA) is 51.0 Å². The summed E-state index contributed by atoms with van der Waals surface area (Å²) in [5.74, 6) is 0.772. The van der Waals surface area contributed by atoms with Crippen LogP contribution in [-0.4, -0.2) is 26.5 Å². The summed E-state index contributed by atoms with van der Waals surface area (Å²) in [4.78, 5) is 23.5. The molecule has 0 amide bonds. The molecule has 0 unspecified atom stereocenters. The van der Waals surface area contributed by atoms with E-state index in [4.69, 9.17) is 4.98 Å². The summed E-state index contributed by atoms with van der Waals surface area (Å²) < 4.78 is 1.65. The van der Waals surface area contributed by atoms with E-state index in [0.717, 1.165) is 17.8 Å². The second-order valence-electron chi connectivity index (χ2n) is 6.03. The lowest BCUT2D eigenvalue weighted by atomic mass is 10.0. The summed E-state index contributed by atoms with van der Waals surface area (Å²) in [7, 11) is 3.86. The molecule has 0 radical (unpaired) electrons. The van der Waals surface area contributed by atoms with Crippen molar-refractivity contribution >= 4 is 10.9 Å². The molecule has 1 aromatic carbocycles. The van der Waals surface area contributed by atoms with Crippen LogP contribution in [0.3, 0.4) is 0 Å². The van der Waals surface area contributed by atoms with Gasteiger partial charge in [-0.3, -0.25) is 19.2 Å². The van der Waals surface area contributed by atoms with Crippen molar-refractivity contribution in [1.82, 2.24) is 19.4 Å². The minimum absolute atomic E-state index is 0.000889. The minimum atomic E-state index is 0.000889. The number of fused-ring (bicyclic) bond motifs is 1. The van der Waals surface area contributed by atoms with Crippen LogP contribution in [0.4, 0.5) is 0 Å². The summed E-state index contributed by atoms with van der Waals surface area (Å²) in [6.07, 6.45) is 4.60. The molecule has 2 heterocycles. The summed E-state index contributed by atoms with van der Waals surface area (Å²) in [6.45, 7) is 2.77. The fourth-order valence-electron chi connectivity index (χ4n) is 3.13. The van der Waals surface area contributed by atoms with Crippen molar-refractivity contribution in [2.24, 2.45) is 7.05 Å². The molecule has 0 aliphatic heterocycles. The number of hydrogen-bond acceptors (Lipinski definition) is 4. The van der Waals surface area contributed by atoms with Gasteiger partial charge in [-0.05, 0) is 43.3 Å². The van der Waals surface area contributed by atoms with Gasteiger partial charge in [-0.1, -0.05) is 19.1 Å². The standard InChI is InChI=1S/C19H22N4O/c1-4-17(14-9-11-20-12-10-14)22(2)13-18-21-16-8-6-5-7-15(16)19(24)23(18)3/h5-12,17H,4,13H2,1-3H3/t17-/m0/s1. The zero-order chi connectivity index (χ0) is 17.1. The van der Waals surface area contributed by atoms with Crippen molar-refractivity contribution in [3.8, 4) is 0 Å². The minimum Gasteiger partial charge on any atom is -0.298 e. The Morgan fingerprint density at radius 3 is 2.58 bits per heavy atom. The molecule has 0 aliphatic rings. The molecule has 24 heavy (non-hydrogen) atoms. The third-order valence-electron chi connectivity index (χ3n) is 4.48. The van der Waals surface area contributed by atoms with Crippen LogP contribution in [-0.2, 0) is 13.6 Å². The maximum Gasteiger partial charge on any atom is 0.261 e. The van der Waals surface area contributed by atoms with Gasteiger partial charge in [0.15, 0.2) is 0 Å². The highest BCUT2D eigenvalue weighted by Crippen LogP contribution is 2.23. The molecular weight excluding hydrogens is 300 g/mol. The molecular formula is C19H22N4O. The van der Waals surface area contributed by atoms with Gasteiger partial charge in [0.05, 0.1) is 17.4 Å². The molecule has 3 rings (SSSR count). The predicted molar refractivity (Wildman–Crippen MR) is 95.7 cm³/mol. The molecule has 5 nitrogen and oxygen atoms in total. The lowest BCUT2D eigenvalue weighted by Crippen LogP contribution is -2.30. The van der Waals surface area contributed by atoms with Gasteiger partial charge in [0.25, 0.3) is 5.56 Å². The van der Waals surface area contributed by atoms with E-state index >= 15 is 0 Å². The van der Waals surface area contributed by atoms with E-state index in [2.05, 4.69) is 23.9 Å². The molecule has 0 bridgehead atoms. The Bertz CT molecular complexity index is 889. The Labute approximate surface area is 141 Å². The van der Waals surface area contributed by atoms with E-state index < -0.39 is 0 Å². The first-order valence-electron chi connectivity index (χ1n) is 8.16. The Balaban J connectivity index is 1.94. The number of rotatable bonds is 5. The number of benzene rings is 1. The zero-order valence-corrected chi connectivity index (χ0v) is 14.3. The largest absolute Gasteiger partial charge is 0.298 e. The van der Waals surface area contributed by atoms with Crippen molar-refractivity contribution in [2.45, 2.75) is 25.9 Å². The Morgan fingerprint density at radius 2 is 1.88 bits per heavy atom. The van der Waals surface area contributed by atoms with Crippen molar-refractivity contribution in [3.63, 3.8) is 0 Å². The third kappa shape index (κ3) is 3.08.